The Bertz CT molecular complexity index is 1250. The Morgan fingerprint density at radius 3 is 2.97 bits per heavy atom. The van der Waals surface area contributed by atoms with E-state index in [1.165, 1.54) is 29.3 Å². The van der Waals surface area contributed by atoms with Gasteiger partial charge in [0.1, 0.15) is 12.7 Å². The molecule has 0 bridgehead atoms. The molecule has 0 saturated heterocycles. The highest BCUT2D eigenvalue weighted by molar-refractivity contribution is 5.88. The number of hydrogen-bond donors (Lipinski definition) is 2. The first kappa shape index (κ1) is 18.7. The van der Waals surface area contributed by atoms with E-state index in [1.807, 2.05) is 25.1 Å². The third-order valence-electron chi connectivity index (χ3n) is 6.76. The predicted molar refractivity (Wildman–Crippen MR) is 123 cm³/mol. The minimum absolute atomic E-state index is 0.00606. The van der Waals surface area contributed by atoms with Gasteiger partial charge in [0.05, 0.1) is 5.52 Å². The van der Waals surface area contributed by atoms with E-state index in [9.17, 15) is 0 Å². The quantitative estimate of drug-likeness (QED) is 0.489. The van der Waals surface area contributed by atoms with E-state index in [2.05, 4.69) is 51.8 Å². The topological polar surface area (TPSA) is 59.2 Å². The van der Waals surface area contributed by atoms with Crippen LogP contribution >= 0.6 is 0 Å². The van der Waals surface area contributed by atoms with Crippen LogP contribution in [0.4, 0.5) is 0 Å². The van der Waals surface area contributed by atoms with Crippen LogP contribution in [0, 0.1) is 6.92 Å². The van der Waals surface area contributed by atoms with E-state index in [0.29, 0.717) is 18.6 Å². The Hall–Kier alpha value is -3.05. The largest absolute Gasteiger partial charge is 0.486 e. The minimum Gasteiger partial charge on any atom is -0.486 e. The summed E-state index contributed by atoms with van der Waals surface area (Å²) in [6.07, 6.45) is 5.79. The molecule has 5 nitrogen and oxygen atoms in total. The highest BCUT2D eigenvalue weighted by Gasteiger charge is 2.29. The average molecular weight is 414 g/mol. The van der Waals surface area contributed by atoms with Crippen molar-refractivity contribution >= 4 is 21.8 Å². The number of nitrogens with zero attached hydrogens (tertiary/aromatic N) is 1. The standard InChI is InChI=1S/C26H27N3O2/c1-16-6-9-21-24(29-16)10-11-25-26(21)31-19(15-30-25)13-27-18-8-7-17(12-18)22-14-28-23-5-3-2-4-20(22)23/h2-6,9-11,14,17-19,27-28H,7-8,12-13,15H2,1H3/t17-,18-,19-/m0/s1. The molecule has 2 N–H and O–H groups in total. The second-order valence-corrected chi connectivity index (χ2v) is 8.87. The van der Waals surface area contributed by atoms with Gasteiger partial charge in [-0.25, -0.2) is 0 Å². The lowest BCUT2D eigenvalue weighted by Crippen LogP contribution is -2.41. The minimum atomic E-state index is 0.00606. The smallest absolute Gasteiger partial charge is 0.171 e. The lowest BCUT2D eigenvalue weighted by atomic mass is 9.97. The summed E-state index contributed by atoms with van der Waals surface area (Å²) < 4.78 is 12.4. The van der Waals surface area contributed by atoms with Gasteiger partial charge >= 0.3 is 0 Å². The summed E-state index contributed by atoms with van der Waals surface area (Å²) in [6.45, 7) is 3.37. The number of aromatic nitrogens is 2. The molecule has 3 atom stereocenters. The second kappa shape index (κ2) is 7.57. The van der Waals surface area contributed by atoms with Gasteiger partial charge in [-0.05, 0) is 68.0 Å². The zero-order valence-electron chi connectivity index (χ0n) is 17.7. The van der Waals surface area contributed by atoms with Crippen molar-refractivity contribution in [1.29, 1.82) is 0 Å². The molecule has 0 spiro atoms. The van der Waals surface area contributed by atoms with Crippen LogP contribution < -0.4 is 14.8 Å². The van der Waals surface area contributed by atoms with E-state index in [-0.39, 0.29) is 6.10 Å². The van der Waals surface area contributed by atoms with Crippen molar-refractivity contribution in [3.8, 4) is 11.5 Å². The molecular formula is C26H27N3O2. The number of para-hydroxylation sites is 1. The van der Waals surface area contributed by atoms with Gasteiger partial charge in [0.2, 0.25) is 0 Å². The van der Waals surface area contributed by atoms with Crippen molar-refractivity contribution in [3.05, 3.63) is 66.0 Å². The Labute approximate surface area is 181 Å². The van der Waals surface area contributed by atoms with Gasteiger partial charge in [-0.2, -0.15) is 0 Å². The summed E-state index contributed by atoms with van der Waals surface area (Å²) in [5, 5.41) is 6.14. The molecule has 2 aromatic heterocycles. The van der Waals surface area contributed by atoms with E-state index >= 15 is 0 Å². The number of ether oxygens (including phenoxy) is 2. The summed E-state index contributed by atoms with van der Waals surface area (Å²) in [5.74, 6) is 2.25. The Kier molecular flexibility index (Phi) is 4.57. The van der Waals surface area contributed by atoms with Crippen molar-refractivity contribution in [2.75, 3.05) is 13.2 Å². The highest BCUT2D eigenvalue weighted by atomic mass is 16.6. The summed E-state index contributed by atoms with van der Waals surface area (Å²) in [6, 6.07) is 17.2. The molecule has 4 aromatic rings. The fourth-order valence-corrected chi connectivity index (χ4v) is 5.16. The van der Waals surface area contributed by atoms with Gasteiger partial charge in [-0.3, -0.25) is 4.98 Å². The van der Waals surface area contributed by atoms with Crippen LogP contribution in [0.1, 0.15) is 36.4 Å². The van der Waals surface area contributed by atoms with Crippen molar-refractivity contribution in [2.45, 2.75) is 44.2 Å². The molecule has 2 aromatic carbocycles. The molecule has 0 radical (unpaired) electrons. The van der Waals surface area contributed by atoms with Gasteiger partial charge in [0, 0.05) is 40.8 Å². The van der Waals surface area contributed by atoms with Crippen molar-refractivity contribution in [3.63, 3.8) is 0 Å². The predicted octanol–water partition coefficient (Wildman–Crippen LogP) is 5.09. The number of aromatic amines is 1. The molecule has 2 aliphatic rings. The van der Waals surface area contributed by atoms with Crippen molar-refractivity contribution < 1.29 is 9.47 Å². The maximum Gasteiger partial charge on any atom is 0.171 e. The third-order valence-corrected chi connectivity index (χ3v) is 6.76. The summed E-state index contributed by atoms with van der Waals surface area (Å²) in [4.78, 5) is 8.05. The Balaban J connectivity index is 1.11. The molecule has 0 unspecified atom stereocenters. The summed E-state index contributed by atoms with van der Waals surface area (Å²) >= 11 is 0. The van der Waals surface area contributed by atoms with Crippen LogP contribution in [0.2, 0.25) is 0 Å². The highest BCUT2D eigenvalue weighted by Crippen LogP contribution is 2.39. The molecule has 1 aliphatic heterocycles. The molecule has 31 heavy (non-hydrogen) atoms. The Morgan fingerprint density at radius 1 is 1.06 bits per heavy atom. The molecule has 158 valence electrons. The molecule has 1 saturated carbocycles. The number of pyridine rings is 1. The van der Waals surface area contributed by atoms with E-state index in [4.69, 9.17) is 9.47 Å². The first-order valence-corrected chi connectivity index (χ1v) is 11.2. The average Bonchev–Trinajstić information content (AvgIpc) is 3.44. The molecule has 1 fully saturated rings. The normalized spacial score (nSPS) is 22.9. The summed E-state index contributed by atoms with van der Waals surface area (Å²) in [5.41, 5.74) is 4.65. The van der Waals surface area contributed by atoms with Crippen LogP contribution in [0.15, 0.2) is 54.7 Å². The number of benzene rings is 2. The van der Waals surface area contributed by atoms with Crippen LogP contribution in [-0.4, -0.2) is 35.3 Å². The second-order valence-electron chi connectivity index (χ2n) is 8.87. The lowest BCUT2D eigenvalue weighted by Gasteiger charge is -2.28. The molecule has 1 aliphatic carbocycles. The van der Waals surface area contributed by atoms with Gasteiger partial charge in [-0.1, -0.05) is 18.2 Å². The number of hydrogen-bond acceptors (Lipinski definition) is 4. The zero-order chi connectivity index (χ0) is 20.8. The van der Waals surface area contributed by atoms with E-state index in [1.54, 1.807) is 0 Å². The number of fused-ring (bicyclic) bond motifs is 4. The van der Waals surface area contributed by atoms with Crippen LogP contribution in [0.5, 0.6) is 11.5 Å². The fourth-order valence-electron chi connectivity index (χ4n) is 5.16. The molecule has 3 heterocycles. The van der Waals surface area contributed by atoms with Gasteiger partial charge in [0.15, 0.2) is 11.5 Å². The van der Waals surface area contributed by atoms with Gasteiger partial charge < -0.3 is 19.8 Å². The molecule has 0 amide bonds. The number of aryl methyl sites for hydroxylation is 1. The first-order valence-electron chi connectivity index (χ1n) is 11.2. The SMILES string of the molecule is Cc1ccc2c3c(ccc2n1)OC[C@H](CN[C@H]1CC[C@H](c2c[nH]c4ccccc24)C1)O3. The van der Waals surface area contributed by atoms with Crippen molar-refractivity contribution in [1.82, 2.24) is 15.3 Å². The zero-order valence-corrected chi connectivity index (χ0v) is 17.7. The summed E-state index contributed by atoms with van der Waals surface area (Å²) in [7, 11) is 0. The Morgan fingerprint density at radius 2 is 2.00 bits per heavy atom. The van der Waals surface area contributed by atoms with Gasteiger partial charge in [-0.15, -0.1) is 0 Å². The lowest BCUT2D eigenvalue weighted by molar-refractivity contribution is 0.0902. The number of nitrogens with one attached hydrogen (secondary N) is 2. The number of rotatable bonds is 4. The van der Waals surface area contributed by atoms with E-state index < -0.39 is 0 Å². The van der Waals surface area contributed by atoms with Crippen LogP contribution in [0.25, 0.3) is 21.8 Å². The number of H-pyrrole nitrogens is 1. The molecule has 6 rings (SSSR count). The maximum absolute atomic E-state index is 6.37. The van der Waals surface area contributed by atoms with Crippen LogP contribution in [-0.2, 0) is 0 Å². The fraction of sp³-hybridized carbons (Fsp3) is 0.346. The van der Waals surface area contributed by atoms with Crippen LogP contribution in [0.3, 0.4) is 0 Å². The monoisotopic (exact) mass is 413 g/mol. The first-order chi connectivity index (χ1) is 15.2. The molecular weight excluding hydrogens is 386 g/mol. The maximum atomic E-state index is 6.37. The molecule has 5 heteroatoms. The van der Waals surface area contributed by atoms with E-state index in [0.717, 1.165) is 41.1 Å². The third kappa shape index (κ3) is 3.43. The van der Waals surface area contributed by atoms with Gasteiger partial charge in [0.25, 0.3) is 0 Å². The van der Waals surface area contributed by atoms with Crippen molar-refractivity contribution in [2.24, 2.45) is 0 Å².